The Morgan fingerprint density at radius 3 is 2.36 bits per heavy atom. The molecule has 9 heteroatoms. The molecule has 0 aromatic carbocycles. The summed E-state index contributed by atoms with van der Waals surface area (Å²) in [5.41, 5.74) is 5.25. The monoisotopic (exact) mass is 321 g/mol. The van der Waals surface area contributed by atoms with E-state index in [1.54, 1.807) is 4.90 Å². The van der Waals surface area contributed by atoms with Crippen LogP contribution in [0, 0.1) is 0 Å². The lowest BCUT2D eigenvalue weighted by molar-refractivity contribution is -0.143. The van der Waals surface area contributed by atoms with Crippen molar-refractivity contribution in [3.05, 3.63) is 0 Å². The maximum Gasteiger partial charge on any atom is 0.320 e. The molecule has 0 spiro atoms. The molecule has 1 saturated heterocycles. The zero-order valence-corrected chi connectivity index (χ0v) is 12.6. The summed E-state index contributed by atoms with van der Waals surface area (Å²) in [6.07, 6.45) is 3.62. The van der Waals surface area contributed by atoms with Crippen molar-refractivity contribution >= 4 is 11.9 Å². The van der Waals surface area contributed by atoms with E-state index in [0.717, 1.165) is 19.3 Å². The summed E-state index contributed by atoms with van der Waals surface area (Å²) in [5.74, 6) is -1.76. The number of hydrogen-bond acceptors (Lipinski definition) is 7. The van der Waals surface area contributed by atoms with Gasteiger partial charge in [0.15, 0.2) is 0 Å². The first kappa shape index (κ1) is 20.7. The van der Waals surface area contributed by atoms with E-state index in [1.165, 1.54) is 0 Å². The fraction of sp³-hybridized carbons (Fsp3) is 0.846. The summed E-state index contributed by atoms with van der Waals surface area (Å²) in [6.45, 7) is 0.829. The van der Waals surface area contributed by atoms with Crippen molar-refractivity contribution in [2.24, 2.45) is 5.73 Å². The Morgan fingerprint density at radius 1 is 1.27 bits per heavy atom. The predicted molar refractivity (Wildman–Crippen MR) is 79.0 cm³/mol. The molecule has 2 unspecified atom stereocenters. The first-order chi connectivity index (χ1) is 10.5. The van der Waals surface area contributed by atoms with Crippen LogP contribution in [0.4, 0.5) is 0 Å². The number of hydrogen-bond donors (Lipinski definition) is 6. The predicted octanol–water partition coefficient (Wildman–Crippen LogP) is -1.41. The van der Waals surface area contributed by atoms with Gasteiger partial charge in [-0.15, -0.1) is 0 Å². The number of nitrogens with zero attached hydrogens (tertiary/aromatic N) is 1. The van der Waals surface area contributed by atoms with Crippen LogP contribution in [0.2, 0.25) is 0 Å². The van der Waals surface area contributed by atoms with E-state index >= 15 is 0 Å². The molecule has 0 radical (unpaired) electrons. The average molecular weight is 321 g/mol. The molecule has 1 rings (SSSR count). The number of aliphatic hydroxyl groups excluding tert-OH is 2. The number of carbonyl (C=O) groups is 2. The highest BCUT2D eigenvalue weighted by atomic mass is 16.4. The molecule has 22 heavy (non-hydrogen) atoms. The van der Waals surface area contributed by atoms with E-state index in [2.05, 4.69) is 5.32 Å². The summed E-state index contributed by atoms with van der Waals surface area (Å²) in [4.78, 5) is 22.5. The molecule has 1 aliphatic rings. The van der Waals surface area contributed by atoms with Crippen molar-refractivity contribution in [2.75, 3.05) is 26.6 Å². The second-order valence-corrected chi connectivity index (χ2v) is 4.99. The van der Waals surface area contributed by atoms with E-state index in [0.29, 0.717) is 25.9 Å². The summed E-state index contributed by atoms with van der Waals surface area (Å²) in [6, 6.07) is -1.11. The molecule has 1 aliphatic heterocycles. The van der Waals surface area contributed by atoms with Crippen LogP contribution >= 0.6 is 0 Å². The third-order valence-corrected chi connectivity index (χ3v) is 3.41. The van der Waals surface area contributed by atoms with Gasteiger partial charge in [-0.1, -0.05) is 6.42 Å². The maximum absolute atomic E-state index is 10.5. The molecule has 1 heterocycles. The molecule has 130 valence electrons. The van der Waals surface area contributed by atoms with Gasteiger partial charge in [0.25, 0.3) is 0 Å². The van der Waals surface area contributed by atoms with Gasteiger partial charge in [-0.25, -0.2) is 0 Å². The van der Waals surface area contributed by atoms with Gasteiger partial charge in [-0.2, -0.15) is 0 Å². The third kappa shape index (κ3) is 8.25. The van der Waals surface area contributed by atoms with Gasteiger partial charge in [-0.3, -0.25) is 19.8 Å². The second-order valence-electron chi connectivity index (χ2n) is 4.99. The largest absolute Gasteiger partial charge is 0.480 e. The zero-order valence-electron chi connectivity index (χ0n) is 12.6. The number of aliphatic carboxylic acids is 2. The van der Waals surface area contributed by atoms with Gasteiger partial charge in [0.05, 0.1) is 13.5 Å². The summed E-state index contributed by atoms with van der Waals surface area (Å²) in [7, 11) is 0. The Labute approximate surface area is 129 Å². The van der Waals surface area contributed by atoms with Gasteiger partial charge in [0.1, 0.15) is 12.1 Å². The van der Waals surface area contributed by atoms with Gasteiger partial charge in [0.2, 0.25) is 0 Å². The first-order valence-corrected chi connectivity index (χ1v) is 7.32. The van der Waals surface area contributed by atoms with Crippen LogP contribution in [0.3, 0.4) is 0 Å². The smallest absolute Gasteiger partial charge is 0.320 e. The number of carboxylic acid groups (broad SMARTS) is 2. The maximum atomic E-state index is 10.5. The lowest BCUT2D eigenvalue weighted by atomic mass is 10.1. The molecular formula is C13H27N3O6. The Bertz CT molecular complexity index is 329. The SMILES string of the molecule is NCCCCC(NCO)C(=O)O.O=C(O)C1CCCN1CO. The highest BCUT2D eigenvalue weighted by Gasteiger charge is 2.29. The Balaban J connectivity index is 0.000000406. The lowest BCUT2D eigenvalue weighted by Gasteiger charge is -2.16. The molecule has 0 bridgehead atoms. The lowest BCUT2D eigenvalue weighted by Crippen LogP contribution is -2.37. The van der Waals surface area contributed by atoms with Crippen LogP contribution in [0.1, 0.15) is 32.1 Å². The number of likely N-dealkylation sites (tertiary alicyclic amines) is 1. The molecule has 0 amide bonds. The average Bonchev–Trinajstić information content (AvgIpc) is 2.96. The number of nitrogens with one attached hydrogen (secondary N) is 1. The van der Waals surface area contributed by atoms with Gasteiger partial charge in [-0.05, 0) is 32.2 Å². The third-order valence-electron chi connectivity index (χ3n) is 3.41. The van der Waals surface area contributed by atoms with Crippen LogP contribution in [0.15, 0.2) is 0 Å². The number of carboxylic acids is 2. The minimum absolute atomic E-state index is 0.142. The fourth-order valence-corrected chi connectivity index (χ4v) is 2.19. The molecule has 0 saturated carbocycles. The fourth-order valence-electron chi connectivity index (χ4n) is 2.19. The van der Waals surface area contributed by atoms with Crippen molar-refractivity contribution in [3.8, 4) is 0 Å². The van der Waals surface area contributed by atoms with E-state index in [4.69, 9.17) is 26.2 Å². The van der Waals surface area contributed by atoms with E-state index in [-0.39, 0.29) is 13.5 Å². The van der Waals surface area contributed by atoms with Crippen molar-refractivity contribution in [1.29, 1.82) is 0 Å². The minimum Gasteiger partial charge on any atom is -0.480 e. The van der Waals surface area contributed by atoms with Crippen LogP contribution in [0.25, 0.3) is 0 Å². The second kappa shape index (κ2) is 12.3. The summed E-state index contributed by atoms with van der Waals surface area (Å²) >= 11 is 0. The molecular weight excluding hydrogens is 294 g/mol. The van der Waals surface area contributed by atoms with E-state index < -0.39 is 24.0 Å². The molecule has 9 nitrogen and oxygen atoms in total. The molecule has 0 aromatic heterocycles. The zero-order chi connectivity index (χ0) is 17.0. The topological polar surface area (TPSA) is 156 Å². The molecule has 1 fully saturated rings. The molecule has 2 atom stereocenters. The van der Waals surface area contributed by atoms with Crippen molar-refractivity contribution in [1.82, 2.24) is 10.2 Å². The normalized spacial score (nSPS) is 19.3. The van der Waals surface area contributed by atoms with Crippen LogP contribution < -0.4 is 11.1 Å². The quantitative estimate of drug-likeness (QED) is 0.222. The Morgan fingerprint density at radius 2 is 1.95 bits per heavy atom. The summed E-state index contributed by atoms with van der Waals surface area (Å²) in [5, 5.41) is 36.7. The number of rotatable bonds is 9. The highest BCUT2D eigenvalue weighted by molar-refractivity contribution is 5.73. The van der Waals surface area contributed by atoms with Crippen molar-refractivity contribution in [2.45, 2.75) is 44.2 Å². The number of unbranched alkanes of at least 4 members (excludes halogenated alkanes) is 1. The summed E-state index contributed by atoms with van der Waals surface area (Å²) < 4.78 is 0. The van der Waals surface area contributed by atoms with Crippen LogP contribution in [-0.2, 0) is 9.59 Å². The first-order valence-electron chi connectivity index (χ1n) is 7.32. The van der Waals surface area contributed by atoms with E-state index in [1.807, 2.05) is 0 Å². The molecule has 0 aromatic rings. The van der Waals surface area contributed by atoms with Gasteiger partial charge >= 0.3 is 11.9 Å². The van der Waals surface area contributed by atoms with Crippen LogP contribution in [0.5, 0.6) is 0 Å². The molecule has 7 N–H and O–H groups in total. The Kier molecular flexibility index (Phi) is 11.6. The minimum atomic E-state index is -0.930. The highest BCUT2D eigenvalue weighted by Crippen LogP contribution is 2.15. The van der Waals surface area contributed by atoms with E-state index in [9.17, 15) is 9.59 Å². The van der Waals surface area contributed by atoms with Gasteiger partial charge < -0.3 is 26.2 Å². The molecule has 0 aliphatic carbocycles. The van der Waals surface area contributed by atoms with Crippen LogP contribution in [-0.4, -0.2) is 75.9 Å². The van der Waals surface area contributed by atoms with Gasteiger partial charge in [0, 0.05) is 6.54 Å². The van der Waals surface area contributed by atoms with Crippen molar-refractivity contribution < 1.29 is 30.0 Å². The number of aliphatic hydroxyl groups is 2. The Hall–Kier alpha value is -1.26. The van der Waals surface area contributed by atoms with Crippen molar-refractivity contribution in [3.63, 3.8) is 0 Å². The standard InChI is InChI=1S/C7H16N2O3.C6H11NO3/c8-4-2-1-3-6(7(11)12)9-5-10;8-4-7-3-1-2-5(7)6(9)10/h6,9-10H,1-5,8H2,(H,11,12);5,8H,1-4H2,(H,9,10). The number of nitrogens with two attached hydrogens (primary N) is 1.